The van der Waals surface area contributed by atoms with Crippen LogP contribution in [0.4, 0.5) is 4.79 Å². The Bertz CT molecular complexity index is 1220. The number of methoxy groups -OCH3 is 1. The number of pyridine rings is 1. The molecule has 0 aliphatic heterocycles. The number of aryl methyl sites for hydroxylation is 1. The smallest absolute Gasteiger partial charge is 0.408 e. The third-order valence-electron chi connectivity index (χ3n) is 5.86. The van der Waals surface area contributed by atoms with Gasteiger partial charge in [0, 0.05) is 18.2 Å². The molecule has 1 aliphatic rings. The zero-order valence-electron chi connectivity index (χ0n) is 20.5. The van der Waals surface area contributed by atoms with E-state index in [0.717, 1.165) is 22.4 Å². The molecule has 182 valence electrons. The maximum atomic E-state index is 12.8. The maximum absolute atomic E-state index is 12.8. The van der Waals surface area contributed by atoms with Crippen LogP contribution in [0.25, 0.3) is 11.3 Å². The van der Waals surface area contributed by atoms with Crippen molar-refractivity contribution in [1.82, 2.24) is 10.3 Å². The number of rotatable bonds is 5. The Balaban J connectivity index is 1.61. The van der Waals surface area contributed by atoms with Crippen LogP contribution < -0.4 is 10.1 Å². The second-order valence-corrected chi connectivity index (χ2v) is 9.62. The number of amides is 1. The number of alkyl carbamates (subject to hydrolysis) is 1. The lowest BCUT2D eigenvalue weighted by molar-refractivity contribution is -0.149. The number of esters is 1. The van der Waals surface area contributed by atoms with Crippen LogP contribution in [0, 0.1) is 0 Å². The number of fused-ring (bicyclic) bond motifs is 1. The second-order valence-electron chi connectivity index (χ2n) is 9.62. The molecule has 1 heterocycles. The first-order valence-corrected chi connectivity index (χ1v) is 11.6. The number of hydrogen-bond donors (Lipinski definition) is 1. The monoisotopic (exact) mass is 474 g/mol. The summed E-state index contributed by atoms with van der Waals surface area (Å²) in [5, 5.41) is 2.80. The molecule has 0 saturated heterocycles. The number of carbonyl (C=O) groups is 2. The fourth-order valence-electron chi connectivity index (χ4n) is 4.28. The van der Waals surface area contributed by atoms with Gasteiger partial charge in [-0.2, -0.15) is 0 Å². The van der Waals surface area contributed by atoms with Crippen LogP contribution >= 0.6 is 0 Å². The van der Waals surface area contributed by atoms with Crippen molar-refractivity contribution < 1.29 is 23.8 Å². The average Bonchev–Trinajstić information content (AvgIpc) is 2.83. The lowest BCUT2D eigenvalue weighted by Crippen LogP contribution is -2.59. The third-order valence-corrected chi connectivity index (χ3v) is 5.86. The lowest BCUT2D eigenvalue weighted by atomic mass is 9.78. The van der Waals surface area contributed by atoms with Crippen molar-refractivity contribution >= 4 is 12.1 Å². The Kier molecular flexibility index (Phi) is 6.78. The van der Waals surface area contributed by atoms with Gasteiger partial charge in [0.05, 0.1) is 12.8 Å². The molecule has 1 unspecified atom stereocenters. The van der Waals surface area contributed by atoms with E-state index in [2.05, 4.69) is 10.3 Å². The highest BCUT2D eigenvalue weighted by Gasteiger charge is 2.44. The number of nitrogens with one attached hydrogen (secondary N) is 1. The number of hydrogen-bond acceptors (Lipinski definition) is 6. The molecule has 35 heavy (non-hydrogen) atoms. The van der Waals surface area contributed by atoms with Crippen molar-refractivity contribution in [2.24, 2.45) is 0 Å². The SMILES string of the molecule is COC(=O)C1(NC(=O)OC(C)(C)C)CCc2ccc(Oc3ccccc3-c3ccccn3)cc2C1. The summed E-state index contributed by atoms with van der Waals surface area (Å²) in [6.45, 7) is 5.33. The number of para-hydroxylation sites is 1. The van der Waals surface area contributed by atoms with Crippen LogP contribution in [-0.4, -0.2) is 35.3 Å². The molecule has 0 bridgehead atoms. The molecule has 1 aromatic heterocycles. The molecule has 0 spiro atoms. The number of aromatic nitrogens is 1. The van der Waals surface area contributed by atoms with E-state index >= 15 is 0 Å². The van der Waals surface area contributed by atoms with E-state index in [1.54, 1.807) is 27.0 Å². The van der Waals surface area contributed by atoms with E-state index in [1.165, 1.54) is 7.11 Å². The van der Waals surface area contributed by atoms with Crippen LogP contribution in [0.5, 0.6) is 11.5 Å². The van der Waals surface area contributed by atoms with Crippen molar-refractivity contribution in [3.8, 4) is 22.8 Å². The lowest BCUT2D eigenvalue weighted by Gasteiger charge is -2.36. The van der Waals surface area contributed by atoms with Crippen LogP contribution in [0.2, 0.25) is 0 Å². The highest BCUT2D eigenvalue weighted by atomic mass is 16.6. The van der Waals surface area contributed by atoms with Crippen molar-refractivity contribution in [3.63, 3.8) is 0 Å². The molecule has 0 radical (unpaired) electrons. The minimum absolute atomic E-state index is 0.271. The fourth-order valence-corrected chi connectivity index (χ4v) is 4.28. The van der Waals surface area contributed by atoms with E-state index in [-0.39, 0.29) is 6.42 Å². The number of ether oxygens (including phenoxy) is 3. The van der Waals surface area contributed by atoms with E-state index in [0.29, 0.717) is 24.3 Å². The van der Waals surface area contributed by atoms with E-state index < -0.39 is 23.2 Å². The largest absolute Gasteiger partial charge is 0.467 e. The molecule has 0 fully saturated rings. The summed E-state index contributed by atoms with van der Waals surface area (Å²) in [5.41, 5.74) is 1.80. The van der Waals surface area contributed by atoms with Crippen molar-refractivity contribution in [1.29, 1.82) is 0 Å². The molecule has 7 nitrogen and oxygen atoms in total. The molecular formula is C28H30N2O5. The first-order valence-electron chi connectivity index (χ1n) is 11.6. The molecular weight excluding hydrogens is 444 g/mol. The van der Waals surface area contributed by atoms with Gasteiger partial charge in [-0.25, -0.2) is 9.59 Å². The highest BCUT2D eigenvalue weighted by molar-refractivity contribution is 5.86. The molecule has 1 aliphatic carbocycles. The number of nitrogens with zero attached hydrogens (tertiary/aromatic N) is 1. The Hall–Kier alpha value is -3.87. The predicted octanol–water partition coefficient (Wildman–Crippen LogP) is 5.47. The Labute approximate surface area is 205 Å². The quantitative estimate of drug-likeness (QED) is 0.494. The van der Waals surface area contributed by atoms with E-state index in [9.17, 15) is 9.59 Å². The van der Waals surface area contributed by atoms with Crippen LogP contribution in [0.15, 0.2) is 66.9 Å². The minimum Gasteiger partial charge on any atom is -0.467 e. The Morgan fingerprint density at radius 3 is 2.49 bits per heavy atom. The zero-order chi connectivity index (χ0) is 25.1. The van der Waals surface area contributed by atoms with E-state index in [1.807, 2.05) is 60.7 Å². The molecule has 1 atom stereocenters. The topological polar surface area (TPSA) is 86.8 Å². The van der Waals surface area contributed by atoms with E-state index in [4.69, 9.17) is 14.2 Å². The summed E-state index contributed by atoms with van der Waals surface area (Å²) in [6.07, 6.45) is 2.38. The maximum Gasteiger partial charge on any atom is 0.408 e. The molecule has 4 rings (SSSR count). The van der Waals surface area contributed by atoms with Gasteiger partial charge in [0.25, 0.3) is 0 Å². The van der Waals surface area contributed by atoms with Gasteiger partial charge in [-0.05, 0) is 81.1 Å². The summed E-state index contributed by atoms with van der Waals surface area (Å²) in [5.74, 6) is 0.805. The van der Waals surface area contributed by atoms with Crippen LogP contribution in [-0.2, 0) is 27.1 Å². The van der Waals surface area contributed by atoms with Gasteiger partial charge in [-0.1, -0.05) is 24.3 Å². The molecule has 1 N–H and O–H groups in total. The van der Waals surface area contributed by atoms with Gasteiger partial charge in [-0.3, -0.25) is 4.98 Å². The molecule has 0 saturated carbocycles. The Morgan fingerprint density at radius 2 is 1.77 bits per heavy atom. The van der Waals surface area contributed by atoms with Gasteiger partial charge in [0.2, 0.25) is 0 Å². The molecule has 2 aromatic carbocycles. The first-order chi connectivity index (χ1) is 16.7. The standard InChI is InChI=1S/C28H30N2O5/c1-27(2,3)35-26(32)30-28(25(31)33-4)15-14-19-12-13-21(17-20(19)18-28)34-24-11-6-5-9-22(24)23-10-7-8-16-29-23/h5-13,16-17H,14-15,18H2,1-4H3,(H,30,32). The fraction of sp³-hybridized carbons (Fsp3) is 0.321. The van der Waals surface area contributed by atoms with Crippen LogP contribution in [0.1, 0.15) is 38.3 Å². The number of carbonyl (C=O) groups excluding carboxylic acids is 2. The van der Waals surface area contributed by atoms with Crippen molar-refractivity contribution in [2.45, 2.75) is 51.2 Å². The Morgan fingerprint density at radius 1 is 1.00 bits per heavy atom. The van der Waals surface area contributed by atoms with Gasteiger partial charge in [-0.15, -0.1) is 0 Å². The normalized spacial score (nSPS) is 17.1. The summed E-state index contributed by atoms with van der Waals surface area (Å²) in [7, 11) is 1.32. The molecule has 1 amide bonds. The number of benzene rings is 2. The van der Waals surface area contributed by atoms with Crippen molar-refractivity contribution in [2.75, 3.05) is 7.11 Å². The van der Waals surface area contributed by atoms with Crippen LogP contribution in [0.3, 0.4) is 0 Å². The predicted molar refractivity (Wildman–Crippen MR) is 132 cm³/mol. The third kappa shape index (κ3) is 5.62. The highest BCUT2D eigenvalue weighted by Crippen LogP contribution is 2.36. The first kappa shape index (κ1) is 24.3. The van der Waals surface area contributed by atoms with Crippen molar-refractivity contribution in [3.05, 3.63) is 78.0 Å². The second kappa shape index (κ2) is 9.78. The van der Waals surface area contributed by atoms with Gasteiger partial charge < -0.3 is 19.5 Å². The minimum atomic E-state index is -1.21. The van der Waals surface area contributed by atoms with Gasteiger partial charge >= 0.3 is 12.1 Å². The summed E-state index contributed by atoms with van der Waals surface area (Å²) < 4.78 is 16.8. The average molecular weight is 475 g/mol. The summed E-state index contributed by atoms with van der Waals surface area (Å²) >= 11 is 0. The van der Waals surface area contributed by atoms with Gasteiger partial charge in [0.15, 0.2) is 0 Å². The van der Waals surface area contributed by atoms with Gasteiger partial charge in [0.1, 0.15) is 22.6 Å². The molecule has 7 heteroatoms. The summed E-state index contributed by atoms with van der Waals surface area (Å²) in [4.78, 5) is 29.9. The zero-order valence-corrected chi connectivity index (χ0v) is 20.5. The molecule has 3 aromatic rings. The summed E-state index contributed by atoms with van der Waals surface area (Å²) in [6, 6.07) is 19.3.